The molecule has 0 aromatic carbocycles. The van der Waals surface area contributed by atoms with Gasteiger partial charge in [-0.15, -0.1) is 0 Å². The van der Waals surface area contributed by atoms with Crippen LogP contribution in [-0.2, 0) is 20.8 Å². The largest absolute Gasteiger partial charge is 0.491 e. The molecule has 0 radical (unpaired) electrons. The number of aromatic nitrogens is 3. The summed E-state index contributed by atoms with van der Waals surface area (Å²) in [5.74, 6) is -1.28. The average molecular weight is 465 g/mol. The van der Waals surface area contributed by atoms with Crippen molar-refractivity contribution in [2.24, 2.45) is 4.99 Å². The Bertz CT molecular complexity index is 1400. The average Bonchev–Trinajstić information content (AvgIpc) is 2.82. The predicted octanol–water partition coefficient (Wildman–Crippen LogP) is 3.08. The van der Waals surface area contributed by atoms with Crippen LogP contribution in [0.1, 0.15) is 42.6 Å². The van der Waals surface area contributed by atoms with Crippen molar-refractivity contribution in [1.29, 1.82) is 0 Å². The number of aryl methyl sites for hydroxylation is 2. The van der Waals surface area contributed by atoms with E-state index in [1.54, 1.807) is 29.8 Å². The van der Waals surface area contributed by atoms with Gasteiger partial charge in [0.1, 0.15) is 16.9 Å². The zero-order valence-electron chi connectivity index (χ0n) is 19.6. The van der Waals surface area contributed by atoms with Crippen molar-refractivity contribution in [3.05, 3.63) is 76.4 Å². The number of carbonyl (C=O) groups excluding carboxylic acids is 2. The Morgan fingerprint density at radius 2 is 2.06 bits per heavy atom. The summed E-state index contributed by atoms with van der Waals surface area (Å²) < 4.78 is 13.5. The Kier molecular flexibility index (Phi) is 8.13. The first-order valence-electron chi connectivity index (χ1n) is 11.1. The highest BCUT2D eigenvalue weighted by Crippen LogP contribution is 2.14. The summed E-state index contributed by atoms with van der Waals surface area (Å²) >= 11 is 0. The summed E-state index contributed by atoms with van der Waals surface area (Å²) in [5, 5.41) is 0.235. The quantitative estimate of drug-likeness (QED) is 0.209. The van der Waals surface area contributed by atoms with Crippen molar-refractivity contribution in [1.82, 2.24) is 14.0 Å². The topological polar surface area (TPSA) is 104 Å². The molecule has 0 aliphatic rings. The number of rotatable bonds is 9. The molecular formula is C25H28N4O5. The molecule has 0 atom stereocenters. The summed E-state index contributed by atoms with van der Waals surface area (Å²) in [7, 11) is 0. The van der Waals surface area contributed by atoms with Gasteiger partial charge in [-0.25, -0.2) is 9.78 Å². The molecule has 0 saturated carbocycles. The van der Waals surface area contributed by atoms with Gasteiger partial charge in [-0.3, -0.25) is 14.0 Å². The Morgan fingerprint density at radius 1 is 1.26 bits per heavy atom. The van der Waals surface area contributed by atoms with Crippen LogP contribution in [-0.4, -0.2) is 39.0 Å². The maximum absolute atomic E-state index is 13.4. The zero-order chi connectivity index (χ0) is 24.7. The van der Waals surface area contributed by atoms with Gasteiger partial charge in [0, 0.05) is 12.7 Å². The number of amides is 1. The predicted molar refractivity (Wildman–Crippen MR) is 128 cm³/mol. The lowest BCUT2D eigenvalue weighted by atomic mass is 10.2. The monoisotopic (exact) mass is 464 g/mol. The number of hydrogen-bond donors (Lipinski definition) is 0. The summed E-state index contributed by atoms with van der Waals surface area (Å²) in [6, 6.07) is 5.03. The minimum absolute atomic E-state index is 0.0203. The van der Waals surface area contributed by atoms with E-state index in [1.165, 1.54) is 22.8 Å². The number of unbranched alkanes of at least 4 members (excludes halogenated alkanes) is 1. The van der Waals surface area contributed by atoms with E-state index < -0.39 is 11.9 Å². The molecule has 9 heteroatoms. The van der Waals surface area contributed by atoms with Crippen LogP contribution in [0.3, 0.4) is 0 Å². The van der Waals surface area contributed by atoms with Gasteiger partial charge in [-0.2, -0.15) is 4.99 Å². The van der Waals surface area contributed by atoms with Crippen LogP contribution in [0.5, 0.6) is 0 Å². The number of allylic oxidation sites excluding steroid dienone is 2. The summed E-state index contributed by atoms with van der Waals surface area (Å²) in [5.41, 5.74) is 1.44. The van der Waals surface area contributed by atoms with Gasteiger partial charge in [0.2, 0.25) is 0 Å². The van der Waals surface area contributed by atoms with Crippen molar-refractivity contribution < 1.29 is 19.1 Å². The molecule has 0 unspecified atom stereocenters. The molecule has 3 heterocycles. The van der Waals surface area contributed by atoms with Crippen LogP contribution in [0, 0.1) is 6.92 Å². The fourth-order valence-electron chi connectivity index (χ4n) is 3.48. The van der Waals surface area contributed by atoms with Gasteiger partial charge in [-0.05, 0) is 44.0 Å². The van der Waals surface area contributed by atoms with Gasteiger partial charge in [0.25, 0.3) is 11.5 Å². The molecule has 0 aliphatic heterocycles. The molecule has 3 rings (SSSR count). The second-order valence-corrected chi connectivity index (χ2v) is 7.53. The van der Waals surface area contributed by atoms with Crippen molar-refractivity contribution in [2.75, 3.05) is 13.2 Å². The van der Waals surface area contributed by atoms with E-state index >= 15 is 0 Å². The van der Waals surface area contributed by atoms with Crippen LogP contribution >= 0.6 is 0 Å². The number of nitrogens with zero attached hydrogens (tertiary/aromatic N) is 4. The van der Waals surface area contributed by atoms with Gasteiger partial charge in [0.15, 0.2) is 12.1 Å². The van der Waals surface area contributed by atoms with Gasteiger partial charge in [-0.1, -0.05) is 32.1 Å². The second kappa shape index (κ2) is 11.2. The molecular weight excluding hydrogens is 436 g/mol. The highest BCUT2D eigenvalue weighted by Gasteiger charge is 2.20. The van der Waals surface area contributed by atoms with E-state index in [9.17, 15) is 14.4 Å². The number of carbonyl (C=O) groups is 2. The molecule has 0 saturated heterocycles. The molecule has 3 aromatic heterocycles. The Hall–Kier alpha value is -4.01. The molecule has 9 nitrogen and oxygen atoms in total. The maximum atomic E-state index is 13.4. The third-order valence-electron chi connectivity index (χ3n) is 5.08. The number of hydrogen-bond acceptors (Lipinski definition) is 6. The minimum Gasteiger partial charge on any atom is -0.491 e. The van der Waals surface area contributed by atoms with E-state index in [2.05, 4.69) is 11.6 Å². The third-order valence-corrected chi connectivity index (χ3v) is 5.08. The van der Waals surface area contributed by atoms with Gasteiger partial charge >= 0.3 is 5.97 Å². The van der Waals surface area contributed by atoms with E-state index in [4.69, 9.17) is 14.5 Å². The standard InChI is InChI=1S/C25H28N4O5/c1-5-8-12-28-22-18(24(31)29-13-10-11-17(4)21(29)27-22)15-19(25(32)34-7-3)23(28)26-20(30)16-33-14-9-6-2/h6,9-11,13-15H,2,5,7-8,12,16H2,1,3-4H3. The smallest absolute Gasteiger partial charge is 0.341 e. The third kappa shape index (κ3) is 5.14. The summed E-state index contributed by atoms with van der Waals surface area (Å²) in [6.45, 7) is 9.29. The molecule has 0 fully saturated rings. The lowest BCUT2D eigenvalue weighted by Crippen LogP contribution is -2.33. The molecule has 0 bridgehead atoms. The fourth-order valence-corrected chi connectivity index (χ4v) is 3.48. The first kappa shape index (κ1) is 24.6. The summed E-state index contributed by atoms with van der Waals surface area (Å²) in [6.07, 6.45) is 7.57. The molecule has 0 N–H and O–H groups in total. The first-order valence-corrected chi connectivity index (χ1v) is 11.1. The van der Waals surface area contributed by atoms with Crippen LogP contribution < -0.4 is 11.0 Å². The Morgan fingerprint density at radius 3 is 2.76 bits per heavy atom. The Balaban J connectivity index is 2.38. The van der Waals surface area contributed by atoms with Crippen LogP contribution in [0.25, 0.3) is 16.7 Å². The lowest BCUT2D eigenvalue weighted by molar-refractivity contribution is -0.120. The highest BCUT2D eigenvalue weighted by atomic mass is 16.5. The van der Waals surface area contributed by atoms with Crippen molar-refractivity contribution in [3.63, 3.8) is 0 Å². The number of ether oxygens (including phenoxy) is 2. The zero-order valence-corrected chi connectivity index (χ0v) is 19.6. The normalized spacial score (nSPS) is 11.9. The van der Waals surface area contributed by atoms with Crippen LogP contribution in [0.15, 0.2) is 59.2 Å². The van der Waals surface area contributed by atoms with E-state index in [-0.39, 0.29) is 35.2 Å². The van der Waals surface area contributed by atoms with Crippen molar-refractivity contribution in [2.45, 2.75) is 40.2 Å². The van der Waals surface area contributed by atoms with Crippen LogP contribution in [0.4, 0.5) is 0 Å². The summed E-state index contributed by atoms with van der Waals surface area (Å²) in [4.78, 5) is 47.7. The number of esters is 1. The van der Waals surface area contributed by atoms with Gasteiger partial charge in [0.05, 0.1) is 18.3 Å². The SMILES string of the molecule is C=CC=COCC(=O)N=c1c(C(=O)OCC)cc2c(=O)n3cccc(C)c3nc2n1CCCC. The molecule has 1 amide bonds. The molecule has 0 spiro atoms. The first-order chi connectivity index (χ1) is 16.4. The van der Waals surface area contributed by atoms with E-state index in [0.29, 0.717) is 17.8 Å². The van der Waals surface area contributed by atoms with Crippen molar-refractivity contribution >= 4 is 28.6 Å². The molecule has 0 aliphatic carbocycles. The molecule has 3 aromatic rings. The maximum Gasteiger partial charge on any atom is 0.341 e. The number of fused-ring (bicyclic) bond motifs is 2. The van der Waals surface area contributed by atoms with E-state index in [1.807, 2.05) is 19.9 Å². The van der Waals surface area contributed by atoms with E-state index in [0.717, 1.165) is 18.4 Å². The fraction of sp³-hybridized carbons (Fsp3) is 0.320. The highest BCUT2D eigenvalue weighted by molar-refractivity contribution is 5.93. The molecule has 34 heavy (non-hydrogen) atoms. The van der Waals surface area contributed by atoms with Crippen molar-refractivity contribution in [3.8, 4) is 0 Å². The second-order valence-electron chi connectivity index (χ2n) is 7.53. The van der Waals surface area contributed by atoms with Crippen LogP contribution in [0.2, 0.25) is 0 Å². The van der Waals surface area contributed by atoms with Gasteiger partial charge < -0.3 is 14.0 Å². The minimum atomic E-state index is -0.678. The molecule has 178 valence electrons. The lowest BCUT2D eigenvalue weighted by Gasteiger charge is -2.15. The number of pyridine rings is 2. The Labute approximate surface area is 196 Å².